The van der Waals surface area contributed by atoms with E-state index in [-0.39, 0.29) is 0 Å². The summed E-state index contributed by atoms with van der Waals surface area (Å²) < 4.78 is 0. The van der Waals surface area contributed by atoms with Crippen molar-refractivity contribution in [2.45, 2.75) is 50.8 Å². The lowest BCUT2D eigenvalue weighted by atomic mass is 10.3. The molecule has 1 aromatic rings. The van der Waals surface area contributed by atoms with Gasteiger partial charge in [0.25, 0.3) is 0 Å². The fourth-order valence-corrected chi connectivity index (χ4v) is 14.2. The lowest BCUT2D eigenvalue weighted by molar-refractivity contribution is 0.836. The zero-order valence-corrected chi connectivity index (χ0v) is 15.8. The lowest BCUT2D eigenvalue weighted by Crippen LogP contribution is -2.29. The van der Waals surface area contributed by atoms with Crippen molar-refractivity contribution in [1.29, 1.82) is 0 Å². The van der Waals surface area contributed by atoms with Gasteiger partial charge >= 0.3 is 0 Å². The van der Waals surface area contributed by atoms with Gasteiger partial charge in [-0.1, -0.05) is 61.7 Å². The Morgan fingerprint density at radius 3 is 1.55 bits per heavy atom. The molecule has 0 N–H and O–H groups in total. The standard InChI is InChI=1S/C16H24P2S2/c1-13-7-5-11-17(13,19)15-9-3-4-10-16(15)18(20)12-6-8-14(18)2/h3-4,9-10,13-14H,5-8,11-12H2,1-2H3/t13-,14-,17-,18-/m0/s1. The summed E-state index contributed by atoms with van der Waals surface area (Å²) in [5, 5.41) is 3.08. The fourth-order valence-electron chi connectivity index (χ4n) is 3.92. The summed E-state index contributed by atoms with van der Waals surface area (Å²) in [5.41, 5.74) is 1.44. The van der Waals surface area contributed by atoms with Crippen LogP contribution in [0, 0.1) is 0 Å². The van der Waals surface area contributed by atoms with E-state index in [1.807, 2.05) is 0 Å². The van der Waals surface area contributed by atoms with E-state index in [1.54, 1.807) is 0 Å². The van der Waals surface area contributed by atoms with Gasteiger partial charge in [0.05, 0.1) is 0 Å². The van der Waals surface area contributed by atoms with Crippen LogP contribution >= 0.6 is 12.1 Å². The second-order valence-corrected chi connectivity index (χ2v) is 17.2. The highest BCUT2D eigenvalue weighted by Crippen LogP contribution is 2.62. The first-order valence-corrected chi connectivity index (χ1v) is 13.9. The highest BCUT2D eigenvalue weighted by molar-refractivity contribution is 8.22. The minimum atomic E-state index is -1.38. The van der Waals surface area contributed by atoms with Gasteiger partial charge in [0, 0.05) is 0 Å². The Labute approximate surface area is 133 Å². The van der Waals surface area contributed by atoms with Crippen LogP contribution in [0.3, 0.4) is 0 Å². The van der Waals surface area contributed by atoms with Gasteiger partial charge in [-0.15, -0.1) is 0 Å². The minimum Gasteiger partial charge on any atom is -0.0923 e. The third-order valence-electron chi connectivity index (χ3n) is 5.35. The van der Waals surface area contributed by atoms with E-state index in [2.05, 4.69) is 38.1 Å². The number of rotatable bonds is 2. The van der Waals surface area contributed by atoms with E-state index in [1.165, 1.54) is 48.6 Å². The minimum absolute atomic E-state index is 0.721. The van der Waals surface area contributed by atoms with Crippen molar-refractivity contribution >= 4 is 46.3 Å². The Hall–Kier alpha value is 0.520. The van der Waals surface area contributed by atoms with Crippen LogP contribution in [0.2, 0.25) is 0 Å². The molecular formula is C16H24P2S2. The quantitative estimate of drug-likeness (QED) is 0.737. The molecule has 4 atom stereocenters. The third-order valence-corrected chi connectivity index (χ3v) is 17.7. The average molecular weight is 342 g/mol. The molecule has 0 spiro atoms. The van der Waals surface area contributed by atoms with Gasteiger partial charge in [0.2, 0.25) is 0 Å². The van der Waals surface area contributed by atoms with Gasteiger partial charge in [-0.2, -0.15) is 0 Å². The van der Waals surface area contributed by atoms with Crippen molar-refractivity contribution in [1.82, 2.24) is 0 Å². The van der Waals surface area contributed by atoms with Gasteiger partial charge in [-0.3, -0.25) is 0 Å². The first-order chi connectivity index (χ1) is 9.48. The molecule has 2 saturated heterocycles. The molecule has 110 valence electrons. The third kappa shape index (κ3) is 2.32. The van der Waals surface area contributed by atoms with E-state index in [0.29, 0.717) is 0 Å². The summed E-state index contributed by atoms with van der Waals surface area (Å²) >= 11 is 12.5. The molecule has 2 fully saturated rings. The molecule has 0 bridgehead atoms. The molecule has 2 heterocycles. The van der Waals surface area contributed by atoms with E-state index < -0.39 is 12.1 Å². The zero-order chi connectivity index (χ0) is 14.4. The molecule has 0 unspecified atom stereocenters. The molecule has 2 aliphatic rings. The average Bonchev–Trinajstić information content (AvgIpc) is 2.96. The molecule has 1 aromatic carbocycles. The molecular weight excluding hydrogens is 318 g/mol. The molecule has 0 amide bonds. The Balaban J connectivity index is 2.15. The largest absolute Gasteiger partial charge is 0.0923 e. The Bertz CT molecular complexity index is 555. The summed E-state index contributed by atoms with van der Waals surface area (Å²) in [6, 6.07) is 6.32. The van der Waals surface area contributed by atoms with Gasteiger partial charge in [-0.05, 0) is 72.0 Å². The Morgan fingerprint density at radius 2 is 1.25 bits per heavy atom. The van der Waals surface area contributed by atoms with Gasteiger partial charge in [-0.25, -0.2) is 0 Å². The number of hydrogen-bond donors (Lipinski definition) is 0. The van der Waals surface area contributed by atoms with Crippen molar-refractivity contribution < 1.29 is 0 Å². The number of hydrogen-bond acceptors (Lipinski definition) is 2. The molecule has 0 aliphatic carbocycles. The van der Waals surface area contributed by atoms with Crippen molar-refractivity contribution in [2.75, 3.05) is 12.3 Å². The first-order valence-electron chi connectivity index (χ1n) is 7.76. The highest BCUT2D eigenvalue weighted by Gasteiger charge is 2.39. The molecule has 0 radical (unpaired) electrons. The molecule has 0 nitrogen and oxygen atoms in total. The predicted molar refractivity (Wildman–Crippen MR) is 101 cm³/mol. The van der Waals surface area contributed by atoms with Crippen molar-refractivity contribution in [3.63, 3.8) is 0 Å². The topological polar surface area (TPSA) is 0 Å². The van der Waals surface area contributed by atoms with Crippen molar-refractivity contribution in [3.05, 3.63) is 24.3 Å². The molecule has 4 heteroatoms. The molecule has 0 saturated carbocycles. The van der Waals surface area contributed by atoms with Crippen LogP contribution < -0.4 is 10.6 Å². The summed E-state index contributed by atoms with van der Waals surface area (Å²) in [4.78, 5) is 0. The summed E-state index contributed by atoms with van der Waals surface area (Å²) in [7, 11) is 0. The van der Waals surface area contributed by atoms with E-state index in [0.717, 1.165) is 11.3 Å². The lowest BCUT2D eigenvalue weighted by Gasteiger charge is -2.30. The van der Waals surface area contributed by atoms with Crippen LogP contribution in [0.1, 0.15) is 39.5 Å². The molecule has 2 aliphatic heterocycles. The first kappa shape index (κ1) is 15.4. The maximum Gasteiger partial charge on any atom is -0.00551 e. The van der Waals surface area contributed by atoms with Gasteiger partial charge in [0.15, 0.2) is 0 Å². The zero-order valence-electron chi connectivity index (χ0n) is 12.4. The maximum absolute atomic E-state index is 6.25. The summed E-state index contributed by atoms with van der Waals surface area (Å²) in [6.45, 7) is 4.77. The smallest absolute Gasteiger partial charge is 0.00551 e. The fraction of sp³-hybridized carbons (Fsp3) is 0.625. The predicted octanol–water partition coefficient (Wildman–Crippen LogP) is 4.26. The monoisotopic (exact) mass is 342 g/mol. The van der Waals surface area contributed by atoms with E-state index >= 15 is 0 Å². The van der Waals surface area contributed by atoms with Crippen molar-refractivity contribution in [3.8, 4) is 0 Å². The molecule has 20 heavy (non-hydrogen) atoms. The van der Waals surface area contributed by atoms with E-state index in [9.17, 15) is 0 Å². The summed E-state index contributed by atoms with van der Waals surface area (Å²) in [6.07, 6.45) is 7.83. The van der Waals surface area contributed by atoms with Crippen LogP contribution in [-0.2, 0) is 23.6 Å². The van der Waals surface area contributed by atoms with Crippen LogP contribution in [-0.4, -0.2) is 23.6 Å². The van der Waals surface area contributed by atoms with Crippen molar-refractivity contribution in [2.24, 2.45) is 0 Å². The molecule has 3 rings (SSSR count). The summed E-state index contributed by atoms with van der Waals surface area (Å²) in [5.74, 6) is 0. The Morgan fingerprint density at radius 1 is 0.850 bits per heavy atom. The van der Waals surface area contributed by atoms with Crippen LogP contribution in [0.25, 0.3) is 0 Å². The highest BCUT2D eigenvalue weighted by atomic mass is 32.4. The Kier molecular flexibility index (Phi) is 4.33. The van der Waals surface area contributed by atoms with Crippen LogP contribution in [0.5, 0.6) is 0 Å². The maximum atomic E-state index is 6.25. The van der Waals surface area contributed by atoms with Gasteiger partial charge in [0.1, 0.15) is 0 Å². The van der Waals surface area contributed by atoms with E-state index in [4.69, 9.17) is 23.6 Å². The van der Waals surface area contributed by atoms with Crippen LogP contribution in [0.4, 0.5) is 0 Å². The van der Waals surface area contributed by atoms with Crippen LogP contribution in [0.15, 0.2) is 24.3 Å². The number of benzene rings is 1. The van der Waals surface area contributed by atoms with Gasteiger partial charge < -0.3 is 0 Å². The normalized spacial score (nSPS) is 41.1. The SMILES string of the molecule is C[C@H]1CCC[P@@]1(=S)c1ccccc1[P@]1(=S)CCC[C@@H]1C. The molecule has 0 aromatic heterocycles. The second kappa shape index (κ2) is 5.62. The second-order valence-electron chi connectivity index (χ2n) is 6.51.